The van der Waals surface area contributed by atoms with Gasteiger partial charge in [-0.1, -0.05) is 0 Å². The van der Waals surface area contributed by atoms with Gasteiger partial charge in [0.2, 0.25) is 0 Å². The van der Waals surface area contributed by atoms with Gasteiger partial charge in [0.15, 0.2) is 5.13 Å². The minimum Gasteiger partial charge on any atom is -0.466 e. The Labute approximate surface area is 131 Å². The van der Waals surface area contributed by atoms with Crippen molar-refractivity contribution in [1.29, 1.82) is 0 Å². The molecule has 2 aromatic rings. The van der Waals surface area contributed by atoms with E-state index in [9.17, 15) is 10.1 Å². The van der Waals surface area contributed by atoms with Crippen LogP contribution in [0.3, 0.4) is 0 Å². The molecule has 0 bridgehead atoms. The molecule has 1 aliphatic carbocycles. The summed E-state index contributed by atoms with van der Waals surface area (Å²) in [7, 11) is 2.04. The van der Waals surface area contributed by atoms with Crippen LogP contribution in [0, 0.1) is 17.0 Å². The molecule has 116 valence electrons. The molecule has 0 aliphatic heterocycles. The highest BCUT2D eigenvalue weighted by atomic mass is 32.1. The highest BCUT2D eigenvalue weighted by Crippen LogP contribution is 2.32. The molecule has 0 amide bonds. The van der Waals surface area contributed by atoms with Gasteiger partial charge in [-0.15, -0.1) is 11.3 Å². The van der Waals surface area contributed by atoms with Crippen LogP contribution in [0.4, 0.5) is 10.8 Å². The van der Waals surface area contributed by atoms with Crippen molar-refractivity contribution < 1.29 is 9.66 Å². The molecule has 7 nitrogen and oxygen atoms in total. The smallest absolute Gasteiger partial charge is 0.331 e. The Bertz CT molecular complexity index is 699. The molecule has 0 atom stereocenters. The molecule has 3 rings (SSSR count). The van der Waals surface area contributed by atoms with E-state index >= 15 is 0 Å². The molecule has 1 aliphatic rings. The second kappa shape index (κ2) is 5.88. The summed E-state index contributed by atoms with van der Waals surface area (Å²) in [4.78, 5) is 21.2. The predicted octanol–water partition coefficient (Wildman–Crippen LogP) is 2.93. The number of anilines is 1. The van der Waals surface area contributed by atoms with Crippen LogP contribution < -0.4 is 9.64 Å². The molecule has 0 saturated heterocycles. The molecule has 8 heteroatoms. The first-order valence-electron chi connectivity index (χ1n) is 6.95. The van der Waals surface area contributed by atoms with E-state index in [1.54, 1.807) is 24.5 Å². The van der Waals surface area contributed by atoms with E-state index in [1.165, 1.54) is 18.9 Å². The van der Waals surface area contributed by atoms with Crippen LogP contribution in [0.15, 0.2) is 17.6 Å². The number of pyridine rings is 1. The number of hydrogen-bond donors (Lipinski definition) is 0. The predicted molar refractivity (Wildman–Crippen MR) is 83.5 cm³/mol. The first-order chi connectivity index (χ1) is 10.5. The summed E-state index contributed by atoms with van der Waals surface area (Å²) in [5.74, 6) is 0.0284. The fraction of sp³-hybridized carbons (Fsp3) is 0.429. The number of aromatic nitrogens is 2. The van der Waals surface area contributed by atoms with Gasteiger partial charge in [-0.2, -0.15) is 0 Å². The lowest BCUT2D eigenvalue weighted by Gasteiger charge is -2.13. The van der Waals surface area contributed by atoms with Crippen molar-refractivity contribution in [3.05, 3.63) is 39.0 Å². The van der Waals surface area contributed by atoms with Crippen molar-refractivity contribution in [1.82, 2.24) is 9.97 Å². The second-order valence-corrected chi connectivity index (χ2v) is 6.18. The minimum atomic E-state index is -0.483. The van der Waals surface area contributed by atoms with Crippen LogP contribution in [0.1, 0.15) is 24.1 Å². The number of nitrogens with zero attached hydrogens (tertiary/aromatic N) is 4. The lowest BCUT2D eigenvalue weighted by Crippen LogP contribution is -2.19. The second-order valence-electron chi connectivity index (χ2n) is 5.35. The molecule has 2 heterocycles. The van der Waals surface area contributed by atoms with Crippen molar-refractivity contribution in [3.63, 3.8) is 0 Å². The number of ether oxygens (including phenoxy) is 1. The molecule has 0 spiro atoms. The van der Waals surface area contributed by atoms with E-state index in [0.29, 0.717) is 6.04 Å². The lowest BCUT2D eigenvalue weighted by molar-refractivity contribution is -0.386. The Kier molecular flexibility index (Phi) is 3.93. The molecular weight excluding hydrogens is 304 g/mol. The summed E-state index contributed by atoms with van der Waals surface area (Å²) in [6, 6.07) is 2.05. The molecule has 1 saturated carbocycles. The van der Waals surface area contributed by atoms with Crippen LogP contribution in [0.25, 0.3) is 0 Å². The van der Waals surface area contributed by atoms with Crippen LogP contribution in [0.2, 0.25) is 0 Å². The van der Waals surface area contributed by atoms with E-state index < -0.39 is 4.92 Å². The average Bonchev–Trinajstić information content (AvgIpc) is 3.23. The van der Waals surface area contributed by atoms with Gasteiger partial charge < -0.3 is 9.64 Å². The fourth-order valence-electron chi connectivity index (χ4n) is 2.07. The maximum Gasteiger partial charge on any atom is 0.331 e. The first-order valence-corrected chi connectivity index (χ1v) is 7.83. The Balaban J connectivity index is 1.69. The van der Waals surface area contributed by atoms with E-state index in [0.717, 1.165) is 16.4 Å². The van der Waals surface area contributed by atoms with Gasteiger partial charge in [-0.3, -0.25) is 10.1 Å². The summed E-state index contributed by atoms with van der Waals surface area (Å²) < 4.78 is 5.48. The summed E-state index contributed by atoms with van der Waals surface area (Å²) in [6.07, 6.45) is 3.97. The maximum absolute atomic E-state index is 11.0. The lowest BCUT2D eigenvalue weighted by atomic mass is 10.3. The molecule has 0 N–H and O–H groups in total. The van der Waals surface area contributed by atoms with Crippen molar-refractivity contribution in [2.75, 3.05) is 11.9 Å². The number of nitro groups is 1. The summed E-state index contributed by atoms with van der Waals surface area (Å²) >= 11 is 1.55. The number of rotatable bonds is 6. The van der Waals surface area contributed by atoms with Gasteiger partial charge >= 0.3 is 5.69 Å². The fourth-order valence-corrected chi connectivity index (χ4v) is 2.92. The molecule has 22 heavy (non-hydrogen) atoms. The van der Waals surface area contributed by atoms with E-state index in [1.807, 2.05) is 12.4 Å². The quantitative estimate of drug-likeness (QED) is 0.601. The molecule has 0 radical (unpaired) electrons. The molecular formula is C14H16N4O3S. The van der Waals surface area contributed by atoms with E-state index in [4.69, 9.17) is 4.74 Å². The Morgan fingerprint density at radius 3 is 3.00 bits per heavy atom. The highest BCUT2D eigenvalue weighted by Gasteiger charge is 2.28. The molecule has 0 unspecified atom stereocenters. The minimum absolute atomic E-state index is 0.0284. The van der Waals surface area contributed by atoms with Crippen molar-refractivity contribution >= 4 is 22.2 Å². The zero-order valence-corrected chi connectivity index (χ0v) is 13.2. The number of aryl methyl sites for hydroxylation is 1. The van der Waals surface area contributed by atoms with Crippen molar-refractivity contribution in [2.24, 2.45) is 0 Å². The number of hydrogen-bond acceptors (Lipinski definition) is 7. The Morgan fingerprint density at radius 2 is 2.32 bits per heavy atom. The van der Waals surface area contributed by atoms with Crippen LogP contribution >= 0.6 is 11.3 Å². The molecule has 1 fully saturated rings. The molecule has 0 aromatic carbocycles. The van der Waals surface area contributed by atoms with Crippen LogP contribution in [0.5, 0.6) is 5.88 Å². The van der Waals surface area contributed by atoms with E-state index in [2.05, 4.69) is 14.9 Å². The van der Waals surface area contributed by atoms with Gasteiger partial charge in [0.1, 0.15) is 6.61 Å². The monoisotopic (exact) mass is 320 g/mol. The average molecular weight is 320 g/mol. The zero-order valence-electron chi connectivity index (χ0n) is 12.4. The standard InChI is InChI=1S/C14H16N4O3S/c1-9-5-12(18(19)20)13(15-6-9)21-7-10-8-22-14(16-10)17(2)11-3-4-11/h5-6,8,11H,3-4,7H2,1-2H3. The highest BCUT2D eigenvalue weighted by molar-refractivity contribution is 7.13. The van der Waals surface area contributed by atoms with Gasteiger partial charge in [0.05, 0.1) is 10.6 Å². The third-order valence-electron chi connectivity index (χ3n) is 3.46. The molecule has 2 aromatic heterocycles. The Hall–Kier alpha value is -2.22. The largest absolute Gasteiger partial charge is 0.466 e. The third kappa shape index (κ3) is 3.16. The van der Waals surface area contributed by atoms with Gasteiger partial charge in [0, 0.05) is 30.7 Å². The van der Waals surface area contributed by atoms with E-state index in [-0.39, 0.29) is 18.2 Å². The normalized spacial score (nSPS) is 13.9. The number of thiazole rings is 1. The first kappa shape index (κ1) is 14.7. The van der Waals surface area contributed by atoms with Gasteiger partial charge in [-0.25, -0.2) is 9.97 Å². The van der Waals surface area contributed by atoms with Crippen molar-refractivity contribution in [2.45, 2.75) is 32.4 Å². The SMILES string of the molecule is Cc1cnc(OCc2csc(N(C)C3CC3)n2)c([N+](=O)[O-])c1. The van der Waals surface area contributed by atoms with Gasteiger partial charge in [0.25, 0.3) is 5.88 Å². The van der Waals surface area contributed by atoms with Crippen LogP contribution in [-0.2, 0) is 6.61 Å². The summed E-state index contributed by atoms with van der Waals surface area (Å²) in [6.45, 7) is 1.93. The summed E-state index contributed by atoms with van der Waals surface area (Å²) in [5, 5.41) is 13.9. The topological polar surface area (TPSA) is 81.4 Å². The third-order valence-corrected chi connectivity index (χ3v) is 4.44. The summed E-state index contributed by atoms with van der Waals surface area (Å²) in [5.41, 5.74) is 1.36. The van der Waals surface area contributed by atoms with Gasteiger partial charge in [-0.05, 0) is 25.3 Å². The Morgan fingerprint density at radius 1 is 1.55 bits per heavy atom. The maximum atomic E-state index is 11.0. The van der Waals surface area contributed by atoms with Crippen LogP contribution in [-0.4, -0.2) is 28.0 Å². The zero-order chi connectivity index (χ0) is 15.7. The van der Waals surface area contributed by atoms with Crippen molar-refractivity contribution in [3.8, 4) is 5.88 Å².